The second kappa shape index (κ2) is 6.93. The number of carbonyl (C=O) groups is 1. The van der Waals surface area contributed by atoms with Crippen LogP contribution >= 0.6 is 11.6 Å². The molecule has 0 radical (unpaired) electrons. The number of pyridine rings is 2. The van der Waals surface area contributed by atoms with Gasteiger partial charge in [-0.05, 0) is 23.8 Å². The van der Waals surface area contributed by atoms with Crippen molar-refractivity contribution in [1.82, 2.24) is 9.55 Å². The fourth-order valence-corrected chi connectivity index (χ4v) is 2.82. The molecule has 0 unspecified atom stereocenters. The molecule has 2 heterocycles. The second-order valence-electron chi connectivity index (χ2n) is 5.40. The molecule has 0 atom stereocenters. The summed E-state index contributed by atoms with van der Waals surface area (Å²) >= 11 is 6.16. The largest absolute Gasteiger partial charge is 0.465 e. The van der Waals surface area contributed by atoms with Crippen molar-refractivity contribution in [2.75, 3.05) is 7.11 Å². The average molecular weight is 374 g/mol. The van der Waals surface area contributed by atoms with E-state index in [0.717, 1.165) is 23.9 Å². The molecule has 0 aliphatic rings. The number of nitrogens with zero attached hydrogens (tertiary/aromatic N) is 3. The third kappa shape index (κ3) is 3.14. The number of hydrogen-bond donors (Lipinski definition) is 0. The maximum Gasteiger partial charge on any atom is 0.343 e. The maximum atomic E-state index is 12.5. The van der Waals surface area contributed by atoms with Crippen molar-refractivity contribution in [2.45, 2.75) is 6.54 Å². The van der Waals surface area contributed by atoms with Gasteiger partial charge in [-0.25, -0.2) is 4.79 Å². The number of halogens is 1. The van der Waals surface area contributed by atoms with Gasteiger partial charge in [-0.15, -0.1) is 0 Å². The van der Waals surface area contributed by atoms with E-state index in [-0.39, 0.29) is 6.54 Å². The van der Waals surface area contributed by atoms with Gasteiger partial charge >= 0.3 is 5.97 Å². The zero-order valence-corrected chi connectivity index (χ0v) is 14.3. The first-order valence-corrected chi connectivity index (χ1v) is 7.79. The van der Waals surface area contributed by atoms with E-state index >= 15 is 0 Å². The van der Waals surface area contributed by atoms with Crippen LogP contribution in [0.3, 0.4) is 0 Å². The van der Waals surface area contributed by atoms with Gasteiger partial charge in [0.1, 0.15) is 5.56 Å². The minimum atomic E-state index is -0.938. The van der Waals surface area contributed by atoms with Crippen molar-refractivity contribution in [1.29, 1.82) is 0 Å². The Balaban J connectivity index is 2.18. The monoisotopic (exact) mass is 373 g/mol. The molecule has 1 aromatic carbocycles. The third-order valence-electron chi connectivity index (χ3n) is 3.83. The lowest BCUT2D eigenvalue weighted by molar-refractivity contribution is -0.385. The molecule has 0 fully saturated rings. The zero-order valence-electron chi connectivity index (χ0n) is 13.5. The van der Waals surface area contributed by atoms with Crippen LogP contribution in [0.1, 0.15) is 15.9 Å². The lowest BCUT2D eigenvalue weighted by atomic mass is 10.1. The van der Waals surface area contributed by atoms with Gasteiger partial charge in [-0.2, -0.15) is 0 Å². The molecule has 8 nitrogen and oxygen atoms in total. The lowest BCUT2D eigenvalue weighted by Crippen LogP contribution is -2.27. The summed E-state index contributed by atoms with van der Waals surface area (Å²) in [6.07, 6.45) is 2.66. The Labute approximate surface area is 151 Å². The summed E-state index contributed by atoms with van der Waals surface area (Å²) in [4.78, 5) is 39.1. The van der Waals surface area contributed by atoms with Crippen molar-refractivity contribution in [3.8, 4) is 0 Å². The van der Waals surface area contributed by atoms with Gasteiger partial charge in [0, 0.05) is 22.7 Å². The van der Waals surface area contributed by atoms with Crippen LogP contribution in [0.4, 0.5) is 5.69 Å². The number of benzene rings is 1. The highest BCUT2D eigenvalue weighted by Crippen LogP contribution is 2.25. The van der Waals surface area contributed by atoms with Gasteiger partial charge in [0.2, 0.25) is 0 Å². The quantitative estimate of drug-likeness (QED) is 0.395. The smallest absolute Gasteiger partial charge is 0.343 e. The molecule has 0 aliphatic carbocycles. The van der Waals surface area contributed by atoms with Gasteiger partial charge < -0.3 is 9.30 Å². The fraction of sp³-hybridized carbons (Fsp3) is 0.118. The number of esters is 1. The molecule has 0 saturated carbocycles. The standard InChI is InChI=1S/C17H12ClN3O5/c1-26-17(23)13-7-11(21(24)25)9-20(16(13)22)8-10-4-5-14(18)12-3-2-6-19-15(10)12/h2-7,9H,8H2,1H3. The number of fused-ring (bicyclic) bond motifs is 1. The minimum absolute atomic E-state index is 0.0187. The molecule has 3 aromatic rings. The van der Waals surface area contributed by atoms with E-state index in [9.17, 15) is 19.7 Å². The van der Waals surface area contributed by atoms with Crippen molar-refractivity contribution in [3.63, 3.8) is 0 Å². The van der Waals surface area contributed by atoms with Crippen LogP contribution in [0.2, 0.25) is 5.02 Å². The number of carbonyl (C=O) groups excluding carboxylic acids is 1. The van der Waals surface area contributed by atoms with Crippen LogP contribution in [0.5, 0.6) is 0 Å². The molecular weight excluding hydrogens is 362 g/mol. The zero-order chi connectivity index (χ0) is 18.8. The Morgan fingerprint density at radius 1 is 1.38 bits per heavy atom. The van der Waals surface area contributed by atoms with Crippen molar-refractivity contribution in [3.05, 3.63) is 79.3 Å². The topological polar surface area (TPSA) is 104 Å². The number of aromatic nitrogens is 2. The first-order valence-electron chi connectivity index (χ1n) is 7.41. The molecule has 0 bridgehead atoms. The van der Waals surface area contributed by atoms with E-state index in [4.69, 9.17) is 11.6 Å². The van der Waals surface area contributed by atoms with Crippen LogP contribution in [0.15, 0.2) is 47.5 Å². The predicted molar refractivity (Wildman–Crippen MR) is 94.6 cm³/mol. The molecule has 26 heavy (non-hydrogen) atoms. The summed E-state index contributed by atoms with van der Waals surface area (Å²) < 4.78 is 5.62. The van der Waals surface area contributed by atoms with Gasteiger partial charge in [-0.1, -0.05) is 17.7 Å². The first kappa shape index (κ1) is 17.6. The third-order valence-corrected chi connectivity index (χ3v) is 4.16. The SMILES string of the molecule is COC(=O)c1cc([N+](=O)[O-])cn(Cc2ccc(Cl)c3cccnc23)c1=O. The molecule has 132 valence electrons. The maximum absolute atomic E-state index is 12.5. The Kier molecular flexibility index (Phi) is 4.68. The number of nitro groups is 1. The highest BCUT2D eigenvalue weighted by molar-refractivity contribution is 6.35. The summed E-state index contributed by atoms with van der Waals surface area (Å²) in [5.41, 5.74) is -0.299. The Morgan fingerprint density at radius 2 is 2.15 bits per heavy atom. The Morgan fingerprint density at radius 3 is 2.85 bits per heavy atom. The van der Waals surface area contributed by atoms with Crippen LogP contribution in [0, 0.1) is 10.1 Å². The van der Waals surface area contributed by atoms with Crippen LogP contribution in [-0.2, 0) is 11.3 Å². The Hall–Kier alpha value is -3.26. The highest BCUT2D eigenvalue weighted by atomic mass is 35.5. The van der Waals surface area contributed by atoms with Crippen molar-refractivity contribution < 1.29 is 14.5 Å². The number of ether oxygens (including phenoxy) is 1. The van der Waals surface area contributed by atoms with E-state index in [1.54, 1.807) is 30.5 Å². The van der Waals surface area contributed by atoms with E-state index in [1.165, 1.54) is 0 Å². The molecule has 3 rings (SSSR count). The van der Waals surface area contributed by atoms with E-state index in [1.807, 2.05) is 0 Å². The number of rotatable bonds is 4. The highest BCUT2D eigenvalue weighted by Gasteiger charge is 2.20. The van der Waals surface area contributed by atoms with Gasteiger partial charge in [0.25, 0.3) is 11.2 Å². The fourth-order valence-electron chi connectivity index (χ4n) is 2.60. The normalized spacial score (nSPS) is 10.7. The molecule has 0 saturated heterocycles. The minimum Gasteiger partial charge on any atom is -0.465 e. The summed E-state index contributed by atoms with van der Waals surface area (Å²) in [5.74, 6) is -0.938. The Bertz CT molecular complexity index is 1090. The summed E-state index contributed by atoms with van der Waals surface area (Å²) in [7, 11) is 1.10. The summed E-state index contributed by atoms with van der Waals surface area (Å²) in [6, 6.07) is 7.76. The van der Waals surface area contributed by atoms with Crippen LogP contribution in [0.25, 0.3) is 10.9 Å². The molecule has 0 N–H and O–H groups in total. The van der Waals surface area contributed by atoms with E-state index < -0.39 is 27.7 Å². The molecular formula is C17H12ClN3O5. The predicted octanol–water partition coefficient (Wildman–Crippen LogP) is 2.79. The summed E-state index contributed by atoms with van der Waals surface area (Å²) in [5, 5.41) is 12.3. The molecule has 0 aliphatic heterocycles. The summed E-state index contributed by atoms with van der Waals surface area (Å²) in [6.45, 7) is -0.0187. The van der Waals surface area contributed by atoms with Crippen LogP contribution in [-0.4, -0.2) is 27.6 Å². The lowest BCUT2D eigenvalue weighted by Gasteiger charge is -2.10. The van der Waals surface area contributed by atoms with Gasteiger partial charge in [0.05, 0.1) is 30.3 Å². The molecule has 0 amide bonds. The molecule has 0 spiro atoms. The molecule has 2 aromatic heterocycles. The average Bonchev–Trinajstić information content (AvgIpc) is 2.64. The van der Waals surface area contributed by atoms with Crippen molar-refractivity contribution in [2.24, 2.45) is 0 Å². The van der Waals surface area contributed by atoms with Gasteiger partial charge in [0.15, 0.2) is 0 Å². The van der Waals surface area contributed by atoms with Gasteiger partial charge in [-0.3, -0.25) is 19.9 Å². The van der Waals surface area contributed by atoms with E-state index in [2.05, 4.69) is 9.72 Å². The second-order valence-corrected chi connectivity index (χ2v) is 5.81. The van der Waals surface area contributed by atoms with Crippen LogP contribution < -0.4 is 5.56 Å². The first-order chi connectivity index (χ1) is 12.4. The number of methoxy groups -OCH3 is 1. The number of hydrogen-bond acceptors (Lipinski definition) is 6. The molecule has 9 heteroatoms. The van der Waals surface area contributed by atoms with Crippen molar-refractivity contribution >= 4 is 34.2 Å². The van der Waals surface area contributed by atoms with E-state index in [0.29, 0.717) is 21.5 Å².